The van der Waals surface area contributed by atoms with Crippen LogP contribution in [-0.4, -0.2) is 323 Å². The van der Waals surface area contributed by atoms with Crippen molar-refractivity contribution in [2.45, 2.75) is 204 Å². The highest BCUT2D eigenvalue weighted by molar-refractivity contribution is 7.99. The average Bonchev–Trinajstić information content (AvgIpc) is 1.43. The van der Waals surface area contributed by atoms with E-state index in [2.05, 4.69) is 85.1 Å². The summed E-state index contributed by atoms with van der Waals surface area (Å²) in [6.07, 6.45) is 26.5. The minimum Gasteiger partial charge on any atom is -0.343 e. The highest BCUT2D eigenvalue weighted by Gasteiger charge is 2.29. The van der Waals surface area contributed by atoms with Crippen LogP contribution in [0.3, 0.4) is 0 Å². The highest BCUT2D eigenvalue weighted by Crippen LogP contribution is 2.20. The molecule has 0 saturated carbocycles. The summed E-state index contributed by atoms with van der Waals surface area (Å²) in [4.78, 5) is 193. The number of nitrogens with two attached hydrogens (primary N) is 4. The van der Waals surface area contributed by atoms with Gasteiger partial charge in [0.05, 0.1) is 152 Å². The van der Waals surface area contributed by atoms with Gasteiger partial charge in [0, 0.05) is 49.4 Å². The van der Waals surface area contributed by atoms with Gasteiger partial charge >= 0.3 is 0 Å². The van der Waals surface area contributed by atoms with Crippen molar-refractivity contribution >= 4 is 140 Å². The lowest BCUT2D eigenvalue weighted by Crippen LogP contribution is -2.43. The second-order valence-corrected chi connectivity index (χ2v) is 34.9. The Morgan fingerprint density at radius 2 is 0.500 bits per heavy atom. The first-order valence-electron chi connectivity index (χ1n) is 44.6. The molecule has 712 valence electrons. The lowest BCUT2D eigenvalue weighted by atomic mass is 9.93. The van der Waals surface area contributed by atoms with Crippen molar-refractivity contribution in [1.29, 1.82) is 0 Å². The van der Waals surface area contributed by atoms with Crippen LogP contribution in [0.2, 0.25) is 0 Å². The Morgan fingerprint density at radius 1 is 0.298 bits per heavy atom. The first kappa shape index (κ1) is 117. The van der Waals surface area contributed by atoms with E-state index in [4.69, 9.17) is 22.9 Å². The van der Waals surface area contributed by atoms with Crippen LogP contribution >= 0.6 is 47.0 Å². The van der Waals surface area contributed by atoms with Crippen molar-refractivity contribution in [1.82, 2.24) is 85.1 Å². The zero-order valence-corrected chi connectivity index (χ0v) is 78.0. The fourth-order valence-electron chi connectivity index (χ4n) is 14.1. The van der Waals surface area contributed by atoms with E-state index >= 15 is 0 Å². The Balaban J connectivity index is 0.000000827. The van der Waals surface area contributed by atoms with Crippen LogP contribution in [0, 0.1) is 23.7 Å². The van der Waals surface area contributed by atoms with Gasteiger partial charge in [0.2, 0.25) is 23.6 Å². The molecule has 0 aromatic rings. The first-order valence-corrected chi connectivity index (χ1v) is 50.2. The summed E-state index contributed by atoms with van der Waals surface area (Å²) in [5, 5.41) is 48.8. The van der Waals surface area contributed by atoms with Crippen molar-refractivity contribution in [3.63, 3.8) is 0 Å². The molecule has 4 amide bonds. The lowest BCUT2D eigenvalue weighted by molar-refractivity contribution is -0.124. The molecule has 4 rings (SSSR count). The third-order valence-corrected chi connectivity index (χ3v) is 23.6. The molecular formula is C84H156N20O16S4. The number of Topliss-reactive ketones (excluding diaryl/α,β-unsaturated/α-hetero) is 12. The summed E-state index contributed by atoms with van der Waals surface area (Å²) in [5.74, 6) is 1.77. The van der Waals surface area contributed by atoms with Crippen LogP contribution in [0.5, 0.6) is 0 Å². The van der Waals surface area contributed by atoms with Crippen LogP contribution in [0.15, 0.2) is 0 Å². The normalized spacial score (nSPS) is 21.6. The molecule has 0 spiro atoms. The van der Waals surface area contributed by atoms with Crippen molar-refractivity contribution < 1.29 is 76.7 Å². The van der Waals surface area contributed by atoms with Gasteiger partial charge in [0.25, 0.3) is 0 Å². The van der Waals surface area contributed by atoms with E-state index in [1.807, 2.05) is 25.0 Å². The Bertz CT molecular complexity index is 2700. The molecular weight excluding hydrogens is 1670 g/mol. The lowest BCUT2D eigenvalue weighted by Gasteiger charge is -2.19. The molecule has 24 N–H and O–H groups in total. The van der Waals surface area contributed by atoms with Crippen LogP contribution in [-0.2, 0) is 76.7 Å². The molecule has 4 heterocycles. The molecule has 8 atom stereocenters. The quantitative estimate of drug-likeness (QED) is 0.0240. The maximum atomic E-state index is 12.8. The Morgan fingerprint density at radius 3 is 0.685 bits per heavy atom. The number of ketones is 12. The first-order chi connectivity index (χ1) is 59.9. The number of carbonyl (C=O) groups is 16. The number of rotatable bonds is 44. The molecule has 124 heavy (non-hydrogen) atoms. The molecule has 36 nitrogen and oxygen atoms in total. The maximum absolute atomic E-state index is 12.8. The molecule has 0 aromatic carbocycles. The topological polar surface area (TPSA) is 570 Å². The van der Waals surface area contributed by atoms with Gasteiger partial charge in [-0.15, -0.1) is 0 Å². The molecule has 0 radical (unpaired) electrons. The molecule has 4 aliphatic heterocycles. The summed E-state index contributed by atoms with van der Waals surface area (Å²) >= 11 is 5.94. The molecule has 0 aliphatic carbocycles. The van der Waals surface area contributed by atoms with E-state index in [1.165, 1.54) is 47.0 Å². The van der Waals surface area contributed by atoms with Crippen LogP contribution in [0.1, 0.15) is 180 Å². The smallest absolute Gasteiger partial charge is 0.230 e. The molecule has 40 heteroatoms. The average molecular weight is 1830 g/mol. The van der Waals surface area contributed by atoms with Crippen molar-refractivity contribution in [3.05, 3.63) is 0 Å². The number of nitrogens with one attached hydrogen (secondary N) is 16. The zero-order chi connectivity index (χ0) is 91.6. The van der Waals surface area contributed by atoms with Crippen molar-refractivity contribution in [3.8, 4) is 0 Å². The highest BCUT2D eigenvalue weighted by atomic mass is 32.2. The number of thioether (sulfide) groups is 4. The molecule has 0 bridgehead atoms. The van der Waals surface area contributed by atoms with E-state index in [0.717, 1.165) is 103 Å². The number of carbonyl (C=O) groups excluding carboxylic acids is 16. The van der Waals surface area contributed by atoms with Crippen molar-refractivity contribution in [2.24, 2.45) is 46.6 Å². The maximum Gasteiger partial charge on any atom is 0.230 e. The predicted octanol–water partition coefficient (Wildman–Crippen LogP) is -1.65. The number of unbranched alkanes of at least 4 members (excludes halogenated alkanes) is 4. The van der Waals surface area contributed by atoms with Gasteiger partial charge in [-0.2, -0.15) is 47.0 Å². The van der Waals surface area contributed by atoms with Crippen LogP contribution in [0.4, 0.5) is 0 Å². The van der Waals surface area contributed by atoms with Gasteiger partial charge in [-0.05, 0) is 206 Å². The van der Waals surface area contributed by atoms with Gasteiger partial charge in [0.15, 0.2) is 23.1 Å². The second kappa shape index (κ2) is 78.7. The predicted molar refractivity (Wildman–Crippen MR) is 496 cm³/mol. The van der Waals surface area contributed by atoms with E-state index in [9.17, 15) is 76.7 Å². The largest absolute Gasteiger partial charge is 0.343 e. The van der Waals surface area contributed by atoms with Gasteiger partial charge < -0.3 is 86.7 Å². The van der Waals surface area contributed by atoms with Crippen LogP contribution in [0.25, 0.3) is 0 Å². The van der Waals surface area contributed by atoms with E-state index < -0.39 is 24.2 Å². The summed E-state index contributed by atoms with van der Waals surface area (Å²) in [6.45, 7) is 8.80. The molecule has 4 aliphatic rings. The number of hydrogen-bond donors (Lipinski definition) is 20. The Hall–Kier alpha value is -5.32. The Labute approximate surface area is 753 Å². The monoisotopic (exact) mass is 1830 g/mol. The van der Waals surface area contributed by atoms with Gasteiger partial charge in [-0.3, -0.25) is 98.0 Å². The minimum atomic E-state index is -0.471. The molecule has 0 aromatic heterocycles. The summed E-state index contributed by atoms with van der Waals surface area (Å²) in [6, 6.07) is -1.88. The number of hydrogen-bond acceptors (Lipinski definition) is 36. The fraction of sp³-hybridized carbons (Fsp3) is 0.810. The van der Waals surface area contributed by atoms with E-state index in [1.54, 1.807) is 0 Å². The van der Waals surface area contributed by atoms with Gasteiger partial charge in [-0.1, -0.05) is 25.7 Å². The Kier molecular flexibility index (Phi) is 74.1. The van der Waals surface area contributed by atoms with E-state index in [-0.39, 0.29) is 169 Å². The third kappa shape index (κ3) is 62.0. The standard InChI is InChI=1S/4C21H39N5O4S/c4*1-31-14-21(30)26-15-24-9-3-2-5-16-8-10-23-12-17(27)6-4-7-18(19(28)11-22)25-13-20(16)29/h4*16,18,23-25H,2-15,22H2,1H3,(H,26,30)/t4*16-,18+/m1111/s1. The van der Waals surface area contributed by atoms with Crippen LogP contribution < -0.4 is 108 Å². The summed E-state index contributed by atoms with van der Waals surface area (Å²) in [5.41, 5.74) is 22.0. The molecule has 4 saturated heterocycles. The minimum absolute atomic E-state index is 0.0134. The van der Waals surface area contributed by atoms with Crippen molar-refractivity contribution in [2.75, 3.05) is 206 Å². The molecule has 0 unspecified atom stereocenters. The van der Waals surface area contributed by atoms with E-state index in [0.29, 0.717) is 205 Å². The number of amides is 4. The fourth-order valence-corrected chi connectivity index (χ4v) is 15.5. The third-order valence-electron chi connectivity index (χ3n) is 21.4. The summed E-state index contributed by atoms with van der Waals surface area (Å²) in [7, 11) is 0. The van der Waals surface area contributed by atoms with Gasteiger partial charge in [0.1, 0.15) is 46.3 Å². The SMILES string of the molecule is CSCC(=O)NCNCCCC[C@@H]1CCNCC(=O)CCC[C@@H](C(=O)CN)NCC1=O.CSCC(=O)NCNCCCC[C@@H]1CCNCC(=O)CCC[C@@H](C(=O)CN)NCC1=O.CSCC(=O)NCNCCCC[C@@H]1CCNCC(=O)CCC[C@@H](C(=O)CN)NCC1=O.CSCC(=O)NCNCCCC[C@@H]1CCNCC(=O)CCC[C@@H](C(=O)CN)NCC1=O. The van der Waals surface area contributed by atoms with Gasteiger partial charge in [-0.25, -0.2) is 0 Å². The second-order valence-electron chi connectivity index (χ2n) is 31.5. The zero-order valence-electron chi connectivity index (χ0n) is 74.7. The molecule has 4 fully saturated rings. The summed E-state index contributed by atoms with van der Waals surface area (Å²) < 4.78 is 0.